The standard InChI is InChI=1S/C15H11ClN2O2/c16-13-4-5-15-12(9-13)6-7-17(15)10-11-2-1-3-14(8-11)18(19)20/h1-9H,10H2. The number of halogens is 1. The third-order valence-electron chi connectivity index (χ3n) is 3.21. The van der Waals surface area contributed by atoms with Gasteiger partial charge in [0.05, 0.1) is 4.92 Å². The van der Waals surface area contributed by atoms with E-state index in [0.29, 0.717) is 11.6 Å². The normalized spacial score (nSPS) is 10.8. The van der Waals surface area contributed by atoms with Crippen molar-refractivity contribution in [3.05, 3.63) is 75.4 Å². The number of nitrogens with zero attached hydrogens (tertiary/aromatic N) is 2. The summed E-state index contributed by atoms with van der Waals surface area (Å²) in [4.78, 5) is 10.4. The van der Waals surface area contributed by atoms with Crippen molar-refractivity contribution in [1.82, 2.24) is 4.57 Å². The maximum absolute atomic E-state index is 10.8. The van der Waals surface area contributed by atoms with Crippen molar-refractivity contribution in [3.8, 4) is 0 Å². The summed E-state index contributed by atoms with van der Waals surface area (Å²) in [6, 6.07) is 14.4. The summed E-state index contributed by atoms with van der Waals surface area (Å²) in [6.45, 7) is 0.590. The van der Waals surface area contributed by atoms with E-state index in [-0.39, 0.29) is 10.6 Å². The Morgan fingerprint density at radius 3 is 2.80 bits per heavy atom. The summed E-state index contributed by atoms with van der Waals surface area (Å²) in [5.74, 6) is 0. The summed E-state index contributed by atoms with van der Waals surface area (Å²) in [5.41, 5.74) is 2.06. The summed E-state index contributed by atoms with van der Waals surface area (Å²) in [7, 11) is 0. The van der Waals surface area contributed by atoms with Crippen molar-refractivity contribution in [2.75, 3.05) is 0 Å². The Hall–Kier alpha value is -2.33. The first-order valence-electron chi connectivity index (χ1n) is 6.11. The highest BCUT2D eigenvalue weighted by Crippen LogP contribution is 2.22. The van der Waals surface area contributed by atoms with Crippen molar-refractivity contribution in [2.45, 2.75) is 6.54 Å². The molecule has 0 spiro atoms. The molecule has 0 bridgehead atoms. The van der Waals surface area contributed by atoms with Gasteiger partial charge in [0.1, 0.15) is 0 Å². The molecule has 0 aliphatic carbocycles. The molecule has 20 heavy (non-hydrogen) atoms. The van der Waals surface area contributed by atoms with Crippen LogP contribution in [0.25, 0.3) is 10.9 Å². The Morgan fingerprint density at radius 2 is 2.00 bits per heavy atom. The molecule has 0 aliphatic rings. The van der Waals surface area contributed by atoms with Gasteiger partial charge in [-0.3, -0.25) is 10.1 Å². The lowest BCUT2D eigenvalue weighted by Gasteiger charge is -2.06. The predicted molar refractivity (Wildman–Crippen MR) is 79.1 cm³/mol. The van der Waals surface area contributed by atoms with Gasteiger partial charge in [0, 0.05) is 40.8 Å². The summed E-state index contributed by atoms with van der Waals surface area (Å²) < 4.78 is 2.05. The molecular formula is C15H11ClN2O2. The first kappa shape index (κ1) is 12.7. The molecule has 1 aromatic heterocycles. The van der Waals surface area contributed by atoms with Gasteiger partial charge in [0.15, 0.2) is 0 Å². The summed E-state index contributed by atoms with van der Waals surface area (Å²) in [6.07, 6.45) is 1.96. The Bertz CT molecular complexity index is 795. The fourth-order valence-electron chi connectivity index (χ4n) is 2.27. The molecule has 0 N–H and O–H groups in total. The van der Waals surface area contributed by atoms with Crippen LogP contribution in [0, 0.1) is 10.1 Å². The van der Waals surface area contributed by atoms with Crippen molar-refractivity contribution >= 4 is 28.2 Å². The molecule has 100 valence electrons. The topological polar surface area (TPSA) is 48.1 Å². The number of hydrogen-bond acceptors (Lipinski definition) is 2. The van der Waals surface area contributed by atoms with Gasteiger partial charge >= 0.3 is 0 Å². The van der Waals surface area contributed by atoms with E-state index < -0.39 is 0 Å². The van der Waals surface area contributed by atoms with Crippen molar-refractivity contribution in [1.29, 1.82) is 0 Å². The van der Waals surface area contributed by atoms with Crippen LogP contribution in [0.15, 0.2) is 54.7 Å². The SMILES string of the molecule is O=[N+]([O-])c1cccc(Cn2ccc3cc(Cl)ccc32)c1. The molecule has 5 heteroatoms. The molecule has 0 fully saturated rings. The van der Waals surface area contributed by atoms with E-state index in [0.717, 1.165) is 16.5 Å². The number of aromatic nitrogens is 1. The quantitative estimate of drug-likeness (QED) is 0.534. The minimum atomic E-state index is -0.378. The maximum atomic E-state index is 10.8. The molecule has 2 aromatic carbocycles. The average molecular weight is 287 g/mol. The summed E-state index contributed by atoms with van der Waals surface area (Å²) >= 11 is 5.96. The van der Waals surface area contributed by atoms with Crippen LogP contribution in [0.3, 0.4) is 0 Å². The Morgan fingerprint density at radius 1 is 1.15 bits per heavy atom. The zero-order valence-corrected chi connectivity index (χ0v) is 11.2. The zero-order chi connectivity index (χ0) is 14.1. The highest BCUT2D eigenvalue weighted by molar-refractivity contribution is 6.31. The van der Waals surface area contributed by atoms with E-state index in [9.17, 15) is 10.1 Å². The first-order chi connectivity index (χ1) is 9.63. The number of nitro groups is 1. The highest BCUT2D eigenvalue weighted by Gasteiger charge is 2.07. The molecule has 0 saturated heterocycles. The van der Waals surface area contributed by atoms with Crippen LogP contribution in [0.5, 0.6) is 0 Å². The molecule has 0 aliphatic heterocycles. The maximum Gasteiger partial charge on any atom is 0.269 e. The van der Waals surface area contributed by atoms with Gasteiger partial charge in [-0.1, -0.05) is 23.7 Å². The number of benzene rings is 2. The number of non-ortho nitro benzene ring substituents is 1. The van der Waals surface area contributed by atoms with Crippen molar-refractivity contribution < 1.29 is 4.92 Å². The number of fused-ring (bicyclic) bond motifs is 1. The van der Waals surface area contributed by atoms with E-state index in [1.54, 1.807) is 12.1 Å². The van der Waals surface area contributed by atoms with Crippen LogP contribution >= 0.6 is 11.6 Å². The van der Waals surface area contributed by atoms with Crippen LogP contribution in [-0.4, -0.2) is 9.49 Å². The van der Waals surface area contributed by atoms with E-state index in [2.05, 4.69) is 0 Å². The minimum Gasteiger partial charge on any atom is -0.343 e. The van der Waals surface area contributed by atoms with Crippen LogP contribution in [0.4, 0.5) is 5.69 Å². The molecular weight excluding hydrogens is 276 g/mol. The van der Waals surface area contributed by atoms with E-state index in [4.69, 9.17) is 11.6 Å². The smallest absolute Gasteiger partial charge is 0.269 e. The monoisotopic (exact) mass is 286 g/mol. The fraction of sp³-hybridized carbons (Fsp3) is 0.0667. The minimum absolute atomic E-state index is 0.113. The van der Waals surface area contributed by atoms with Crippen molar-refractivity contribution in [2.24, 2.45) is 0 Å². The lowest BCUT2D eigenvalue weighted by Crippen LogP contribution is -1.98. The molecule has 0 saturated carbocycles. The Balaban J connectivity index is 1.97. The largest absolute Gasteiger partial charge is 0.343 e. The van der Waals surface area contributed by atoms with Gasteiger partial charge in [-0.2, -0.15) is 0 Å². The molecule has 3 aromatic rings. The molecule has 1 heterocycles. The molecule has 0 radical (unpaired) electrons. The fourth-order valence-corrected chi connectivity index (χ4v) is 2.45. The van der Waals surface area contributed by atoms with Gasteiger partial charge in [0.25, 0.3) is 5.69 Å². The van der Waals surface area contributed by atoms with Crippen LogP contribution in [-0.2, 0) is 6.54 Å². The van der Waals surface area contributed by atoms with E-state index >= 15 is 0 Å². The lowest BCUT2D eigenvalue weighted by molar-refractivity contribution is -0.384. The second-order valence-corrected chi connectivity index (χ2v) is 5.01. The zero-order valence-electron chi connectivity index (χ0n) is 10.5. The number of nitro benzene ring substituents is 1. The molecule has 3 rings (SSSR count). The van der Waals surface area contributed by atoms with Gasteiger partial charge < -0.3 is 4.57 Å². The molecule has 0 amide bonds. The molecule has 0 unspecified atom stereocenters. The van der Waals surface area contributed by atoms with E-state index in [1.807, 2.05) is 41.1 Å². The highest BCUT2D eigenvalue weighted by atomic mass is 35.5. The Kier molecular flexibility index (Phi) is 3.16. The van der Waals surface area contributed by atoms with E-state index in [1.165, 1.54) is 6.07 Å². The predicted octanol–water partition coefficient (Wildman–Crippen LogP) is 4.25. The number of hydrogen-bond donors (Lipinski definition) is 0. The third-order valence-corrected chi connectivity index (χ3v) is 3.44. The summed E-state index contributed by atoms with van der Waals surface area (Å²) in [5, 5.41) is 12.5. The number of rotatable bonds is 3. The first-order valence-corrected chi connectivity index (χ1v) is 6.49. The van der Waals surface area contributed by atoms with Crippen LogP contribution in [0.1, 0.15) is 5.56 Å². The van der Waals surface area contributed by atoms with Gasteiger partial charge in [0.2, 0.25) is 0 Å². The molecule has 4 nitrogen and oxygen atoms in total. The van der Waals surface area contributed by atoms with Gasteiger partial charge in [-0.05, 0) is 29.8 Å². The average Bonchev–Trinajstić information content (AvgIpc) is 2.81. The lowest BCUT2D eigenvalue weighted by atomic mass is 10.2. The second kappa shape index (κ2) is 4.98. The van der Waals surface area contributed by atoms with Crippen molar-refractivity contribution in [3.63, 3.8) is 0 Å². The second-order valence-electron chi connectivity index (χ2n) is 4.57. The van der Waals surface area contributed by atoms with Crippen LogP contribution in [0.2, 0.25) is 5.02 Å². The van der Waals surface area contributed by atoms with Gasteiger partial charge in [-0.15, -0.1) is 0 Å². The van der Waals surface area contributed by atoms with Gasteiger partial charge in [-0.25, -0.2) is 0 Å². The Labute approximate surface area is 120 Å². The molecule has 0 atom stereocenters. The van der Waals surface area contributed by atoms with Crippen LogP contribution < -0.4 is 0 Å². The third kappa shape index (κ3) is 2.38.